The van der Waals surface area contributed by atoms with E-state index in [4.69, 9.17) is 21.4 Å². The minimum absolute atomic E-state index is 0.0848. The number of carbonyl (C=O) groups excluding carboxylic acids is 3. The van der Waals surface area contributed by atoms with E-state index in [1.54, 1.807) is 36.1 Å². The van der Waals surface area contributed by atoms with Gasteiger partial charge in [0.15, 0.2) is 0 Å². The van der Waals surface area contributed by atoms with Gasteiger partial charge in [-0.05, 0) is 50.7 Å². The van der Waals surface area contributed by atoms with Crippen LogP contribution in [0, 0.1) is 23.7 Å². The molecule has 0 aromatic heterocycles. The Bertz CT molecular complexity index is 889. The molecule has 2 aliphatic rings. The molecule has 0 spiro atoms. The highest BCUT2D eigenvalue weighted by Crippen LogP contribution is 2.45. The molecule has 0 unspecified atom stereocenters. The number of fused-ring (bicyclic) bond motifs is 1. The molecule has 1 heterocycles. The van der Waals surface area contributed by atoms with Crippen LogP contribution in [-0.4, -0.2) is 53.6 Å². The molecule has 180 valence electrons. The van der Waals surface area contributed by atoms with Crippen LogP contribution in [0.25, 0.3) is 0 Å². The number of nitrogens with one attached hydrogen (secondary N) is 1. The summed E-state index contributed by atoms with van der Waals surface area (Å²) in [5.41, 5.74) is 0.480. The predicted octanol–water partition coefficient (Wildman–Crippen LogP) is 3.66. The number of nitrogens with zero attached hydrogens (tertiary/aromatic N) is 1. The second-order valence-corrected chi connectivity index (χ2v) is 8.98. The summed E-state index contributed by atoms with van der Waals surface area (Å²) in [5, 5.41) is 12.4. The number of halogens is 1. The van der Waals surface area contributed by atoms with Crippen molar-refractivity contribution in [2.75, 3.05) is 25.1 Å². The van der Waals surface area contributed by atoms with Crippen LogP contribution in [0.2, 0.25) is 5.02 Å². The predicted molar refractivity (Wildman–Crippen MR) is 127 cm³/mol. The molecule has 2 amide bonds. The Morgan fingerprint density at radius 2 is 1.91 bits per heavy atom. The van der Waals surface area contributed by atoms with Gasteiger partial charge >= 0.3 is 5.97 Å². The molecule has 1 aromatic carbocycles. The Hall–Kier alpha value is -2.38. The molecule has 1 saturated heterocycles. The lowest BCUT2D eigenvalue weighted by atomic mass is 9.69. The first kappa shape index (κ1) is 25.2. The summed E-state index contributed by atoms with van der Waals surface area (Å²) in [4.78, 5) is 41.6. The molecule has 33 heavy (non-hydrogen) atoms. The molecule has 0 bridgehead atoms. The van der Waals surface area contributed by atoms with Crippen molar-refractivity contribution in [3.05, 3.63) is 41.4 Å². The average Bonchev–Trinajstić information content (AvgIpc) is 3.09. The number of esters is 1. The SMILES string of the molecule is CCOC(=O)[C@H]1[C@@H]2C(=O)N(CCCCCO)[C@H](C(=O)Nc3ccccc3Cl)[C@H]2C=C[C@H]1CC. The number of benzene rings is 1. The zero-order valence-corrected chi connectivity index (χ0v) is 20.0. The molecule has 1 aliphatic heterocycles. The number of amides is 2. The van der Waals surface area contributed by atoms with Crippen LogP contribution in [0.3, 0.4) is 0 Å². The number of para-hydroxylation sites is 1. The van der Waals surface area contributed by atoms with Gasteiger partial charge in [0.1, 0.15) is 6.04 Å². The summed E-state index contributed by atoms with van der Waals surface area (Å²) in [5.74, 6) is -2.71. The standard InChI is InChI=1S/C25H33ClN2O5/c1-3-16-12-13-17-21(20(16)25(32)33-4-2)24(31)28(14-8-5-9-15-29)22(17)23(30)27-19-11-7-6-10-18(19)26/h6-7,10-13,16-17,20-22,29H,3-5,8-9,14-15H2,1-2H3,(H,27,30)/t16-,17+,20-,21-,22+/m1/s1. The molecule has 8 heteroatoms. The third-order valence-electron chi connectivity index (χ3n) is 6.60. The number of rotatable bonds is 10. The first-order valence-electron chi connectivity index (χ1n) is 11.8. The van der Waals surface area contributed by atoms with E-state index < -0.39 is 23.8 Å². The number of hydrogen-bond acceptors (Lipinski definition) is 5. The smallest absolute Gasteiger partial charge is 0.310 e. The highest BCUT2D eigenvalue weighted by atomic mass is 35.5. The number of unbranched alkanes of at least 4 members (excludes halogenated alkanes) is 2. The van der Waals surface area contributed by atoms with E-state index in [1.807, 2.05) is 19.1 Å². The maximum atomic E-state index is 13.6. The molecular formula is C25H33ClN2O5. The fourth-order valence-electron chi connectivity index (χ4n) is 5.03. The van der Waals surface area contributed by atoms with Crippen LogP contribution >= 0.6 is 11.6 Å². The van der Waals surface area contributed by atoms with E-state index in [1.165, 1.54) is 0 Å². The summed E-state index contributed by atoms with van der Waals surface area (Å²) in [6.07, 6.45) is 6.62. The number of likely N-dealkylation sites (tertiary alicyclic amines) is 1. The van der Waals surface area contributed by atoms with Crippen molar-refractivity contribution in [3.63, 3.8) is 0 Å². The van der Waals surface area contributed by atoms with Gasteiger partial charge in [-0.1, -0.05) is 42.8 Å². The molecule has 2 N–H and O–H groups in total. The molecule has 7 nitrogen and oxygen atoms in total. The largest absolute Gasteiger partial charge is 0.466 e. The molecule has 0 radical (unpaired) electrons. The third kappa shape index (κ3) is 5.41. The summed E-state index contributed by atoms with van der Waals surface area (Å²) in [6.45, 7) is 4.43. The summed E-state index contributed by atoms with van der Waals surface area (Å²) >= 11 is 6.24. The fraction of sp³-hybridized carbons (Fsp3) is 0.560. The topological polar surface area (TPSA) is 95.9 Å². The second kappa shape index (κ2) is 11.7. The van der Waals surface area contributed by atoms with E-state index in [-0.39, 0.29) is 36.9 Å². The van der Waals surface area contributed by atoms with Crippen molar-refractivity contribution in [2.24, 2.45) is 23.7 Å². The van der Waals surface area contributed by atoms with Gasteiger partial charge < -0.3 is 20.1 Å². The van der Waals surface area contributed by atoms with Gasteiger partial charge in [0, 0.05) is 19.1 Å². The summed E-state index contributed by atoms with van der Waals surface area (Å²) in [6, 6.07) is 6.21. The minimum Gasteiger partial charge on any atom is -0.466 e. The van der Waals surface area contributed by atoms with Crippen LogP contribution in [0.1, 0.15) is 39.5 Å². The summed E-state index contributed by atoms with van der Waals surface area (Å²) in [7, 11) is 0. The van der Waals surface area contributed by atoms with Crippen molar-refractivity contribution in [2.45, 2.75) is 45.6 Å². The quantitative estimate of drug-likeness (QED) is 0.305. The maximum absolute atomic E-state index is 13.6. The van der Waals surface area contributed by atoms with E-state index in [9.17, 15) is 14.4 Å². The van der Waals surface area contributed by atoms with Crippen molar-refractivity contribution >= 4 is 35.1 Å². The minimum atomic E-state index is -0.751. The first-order valence-corrected chi connectivity index (χ1v) is 12.1. The lowest BCUT2D eigenvalue weighted by Gasteiger charge is -2.33. The Morgan fingerprint density at radius 1 is 1.15 bits per heavy atom. The van der Waals surface area contributed by atoms with Crippen molar-refractivity contribution < 1.29 is 24.2 Å². The molecule has 0 saturated carbocycles. The molecule has 1 fully saturated rings. The Kier molecular flexibility index (Phi) is 8.92. The number of hydrogen-bond donors (Lipinski definition) is 2. The third-order valence-corrected chi connectivity index (χ3v) is 6.93. The monoisotopic (exact) mass is 476 g/mol. The average molecular weight is 477 g/mol. The van der Waals surface area contributed by atoms with Crippen LogP contribution < -0.4 is 5.32 Å². The van der Waals surface area contributed by atoms with Crippen molar-refractivity contribution in [1.82, 2.24) is 4.90 Å². The van der Waals surface area contributed by atoms with Gasteiger partial charge in [0.2, 0.25) is 11.8 Å². The van der Waals surface area contributed by atoms with Gasteiger partial charge in [-0.15, -0.1) is 0 Å². The van der Waals surface area contributed by atoms with Crippen molar-refractivity contribution in [3.8, 4) is 0 Å². The normalized spacial score (nSPS) is 26.2. The van der Waals surface area contributed by atoms with Gasteiger partial charge in [-0.2, -0.15) is 0 Å². The van der Waals surface area contributed by atoms with Crippen LogP contribution in [-0.2, 0) is 19.1 Å². The number of aliphatic hydroxyl groups excluding tert-OH is 1. The van der Waals surface area contributed by atoms with E-state index >= 15 is 0 Å². The molecular weight excluding hydrogens is 444 g/mol. The van der Waals surface area contributed by atoms with Gasteiger partial charge in [0.05, 0.1) is 29.2 Å². The first-order chi connectivity index (χ1) is 15.9. The molecule has 3 rings (SSSR count). The Morgan fingerprint density at radius 3 is 2.58 bits per heavy atom. The van der Waals surface area contributed by atoms with Crippen LogP contribution in [0.5, 0.6) is 0 Å². The van der Waals surface area contributed by atoms with Crippen LogP contribution in [0.15, 0.2) is 36.4 Å². The number of ether oxygens (including phenoxy) is 1. The number of allylic oxidation sites excluding steroid dienone is 1. The summed E-state index contributed by atoms with van der Waals surface area (Å²) < 4.78 is 5.34. The second-order valence-electron chi connectivity index (χ2n) is 8.57. The maximum Gasteiger partial charge on any atom is 0.310 e. The van der Waals surface area contributed by atoms with E-state index in [0.717, 1.165) is 6.42 Å². The highest BCUT2D eigenvalue weighted by Gasteiger charge is 2.57. The fourth-order valence-corrected chi connectivity index (χ4v) is 5.21. The zero-order valence-electron chi connectivity index (χ0n) is 19.2. The van der Waals surface area contributed by atoms with Crippen LogP contribution in [0.4, 0.5) is 5.69 Å². The van der Waals surface area contributed by atoms with Gasteiger partial charge in [-0.3, -0.25) is 14.4 Å². The van der Waals surface area contributed by atoms with E-state index in [0.29, 0.717) is 36.5 Å². The van der Waals surface area contributed by atoms with Gasteiger partial charge in [-0.25, -0.2) is 0 Å². The van der Waals surface area contributed by atoms with Crippen molar-refractivity contribution in [1.29, 1.82) is 0 Å². The number of aliphatic hydroxyl groups is 1. The molecule has 1 aliphatic carbocycles. The lowest BCUT2D eigenvalue weighted by Crippen LogP contribution is -2.44. The zero-order chi connectivity index (χ0) is 24.0. The number of anilines is 1. The Labute approximate surface area is 200 Å². The number of carbonyl (C=O) groups is 3. The van der Waals surface area contributed by atoms with Gasteiger partial charge in [0.25, 0.3) is 0 Å². The molecule has 1 aromatic rings. The Balaban J connectivity index is 1.93. The highest BCUT2D eigenvalue weighted by molar-refractivity contribution is 6.33. The molecule has 5 atom stereocenters. The van der Waals surface area contributed by atoms with E-state index in [2.05, 4.69) is 5.32 Å². The lowest BCUT2D eigenvalue weighted by molar-refractivity contribution is -0.155.